The molecule has 1 saturated carbocycles. The fourth-order valence-corrected chi connectivity index (χ4v) is 2.37. The van der Waals surface area contributed by atoms with Crippen LogP contribution in [0.1, 0.15) is 44.7 Å². The van der Waals surface area contributed by atoms with Crippen molar-refractivity contribution in [1.29, 1.82) is 0 Å². The number of aromatic nitrogens is 2. The minimum absolute atomic E-state index is 0.0128. The van der Waals surface area contributed by atoms with Gasteiger partial charge in [-0.15, -0.1) is 0 Å². The molecule has 2 unspecified atom stereocenters. The summed E-state index contributed by atoms with van der Waals surface area (Å²) in [5, 5.41) is 0. The van der Waals surface area contributed by atoms with Gasteiger partial charge >= 0.3 is 6.01 Å². The third-order valence-electron chi connectivity index (χ3n) is 3.36. The first-order chi connectivity index (χ1) is 9.19. The second-order valence-electron chi connectivity index (χ2n) is 5.02. The molecular weight excluding hydrogens is 242 g/mol. The molecule has 1 aliphatic carbocycles. The van der Waals surface area contributed by atoms with Gasteiger partial charge in [-0.3, -0.25) is 0 Å². The van der Waals surface area contributed by atoms with E-state index in [0.29, 0.717) is 18.5 Å². The van der Waals surface area contributed by atoms with Gasteiger partial charge in [-0.1, -0.05) is 12.8 Å². The van der Waals surface area contributed by atoms with Gasteiger partial charge in [0.25, 0.3) is 0 Å². The van der Waals surface area contributed by atoms with Crippen LogP contribution >= 0.6 is 0 Å². The van der Waals surface area contributed by atoms with Crippen LogP contribution in [0, 0.1) is 6.92 Å². The molecule has 1 aromatic heterocycles. The average molecular weight is 265 g/mol. The molecule has 19 heavy (non-hydrogen) atoms. The fourth-order valence-electron chi connectivity index (χ4n) is 2.37. The SMILES string of the molecule is CCOc1cc(C)nc(OC2CCCCCC2N)n1. The van der Waals surface area contributed by atoms with E-state index in [1.165, 1.54) is 12.8 Å². The second-order valence-corrected chi connectivity index (χ2v) is 5.02. The highest BCUT2D eigenvalue weighted by Gasteiger charge is 2.23. The zero-order valence-corrected chi connectivity index (χ0v) is 11.8. The zero-order chi connectivity index (χ0) is 13.7. The first kappa shape index (κ1) is 14.1. The van der Waals surface area contributed by atoms with Gasteiger partial charge in [-0.2, -0.15) is 4.98 Å². The van der Waals surface area contributed by atoms with Crippen molar-refractivity contribution < 1.29 is 9.47 Å². The molecule has 1 fully saturated rings. The van der Waals surface area contributed by atoms with Gasteiger partial charge < -0.3 is 15.2 Å². The van der Waals surface area contributed by atoms with Crippen molar-refractivity contribution in [2.75, 3.05) is 6.61 Å². The first-order valence-corrected chi connectivity index (χ1v) is 7.09. The van der Waals surface area contributed by atoms with Gasteiger partial charge in [0.2, 0.25) is 5.88 Å². The van der Waals surface area contributed by atoms with Crippen LogP contribution in [0.5, 0.6) is 11.9 Å². The molecule has 0 amide bonds. The lowest BCUT2D eigenvalue weighted by Gasteiger charge is -2.21. The Labute approximate surface area is 114 Å². The molecule has 0 bridgehead atoms. The minimum atomic E-state index is 0.0128. The maximum Gasteiger partial charge on any atom is 0.320 e. The maximum absolute atomic E-state index is 6.15. The van der Waals surface area contributed by atoms with Gasteiger partial charge in [-0.25, -0.2) is 4.98 Å². The smallest absolute Gasteiger partial charge is 0.320 e. The summed E-state index contributed by atoms with van der Waals surface area (Å²) < 4.78 is 11.3. The Morgan fingerprint density at radius 3 is 2.84 bits per heavy atom. The molecule has 1 aromatic rings. The molecule has 2 atom stereocenters. The van der Waals surface area contributed by atoms with Crippen molar-refractivity contribution in [3.63, 3.8) is 0 Å². The van der Waals surface area contributed by atoms with Crippen LogP contribution in [0.25, 0.3) is 0 Å². The van der Waals surface area contributed by atoms with E-state index in [-0.39, 0.29) is 12.1 Å². The minimum Gasteiger partial charge on any atom is -0.478 e. The van der Waals surface area contributed by atoms with Crippen LogP contribution in [0.2, 0.25) is 0 Å². The Bertz CT molecular complexity index is 412. The molecule has 0 saturated heterocycles. The average Bonchev–Trinajstić information content (AvgIpc) is 2.55. The van der Waals surface area contributed by atoms with Crippen molar-refractivity contribution in [1.82, 2.24) is 9.97 Å². The van der Waals surface area contributed by atoms with Crippen LogP contribution in [-0.4, -0.2) is 28.7 Å². The third-order valence-corrected chi connectivity index (χ3v) is 3.36. The summed E-state index contributed by atoms with van der Waals surface area (Å²) in [6.07, 6.45) is 5.56. The van der Waals surface area contributed by atoms with E-state index in [1.807, 2.05) is 19.9 Å². The Kier molecular flexibility index (Phi) is 4.96. The van der Waals surface area contributed by atoms with Crippen molar-refractivity contribution in [2.45, 2.75) is 58.1 Å². The topological polar surface area (TPSA) is 70.3 Å². The molecule has 0 radical (unpaired) electrons. The molecule has 0 spiro atoms. The summed E-state index contributed by atoms with van der Waals surface area (Å²) in [5.74, 6) is 0.562. The molecule has 5 nitrogen and oxygen atoms in total. The lowest BCUT2D eigenvalue weighted by Crippen LogP contribution is -2.38. The van der Waals surface area contributed by atoms with Crippen LogP contribution in [-0.2, 0) is 0 Å². The van der Waals surface area contributed by atoms with Crippen LogP contribution in [0.3, 0.4) is 0 Å². The van der Waals surface area contributed by atoms with E-state index in [4.69, 9.17) is 15.2 Å². The zero-order valence-electron chi connectivity index (χ0n) is 11.8. The second kappa shape index (κ2) is 6.70. The molecule has 2 N–H and O–H groups in total. The van der Waals surface area contributed by atoms with Crippen molar-refractivity contribution in [2.24, 2.45) is 5.73 Å². The molecule has 1 heterocycles. The summed E-state index contributed by atoms with van der Waals surface area (Å²) in [6.45, 7) is 4.42. The molecule has 0 aromatic carbocycles. The number of ether oxygens (including phenoxy) is 2. The molecule has 2 rings (SSSR count). The standard InChI is InChI=1S/C14H23N3O2/c1-3-18-13-9-10(2)16-14(17-13)19-12-8-6-4-5-7-11(12)15/h9,11-12H,3-8,15H2,1-2H3. The molecule has 106 valence electrons. The molecule has 0 aliphatic heterocycles. The lowest BCUT2D eigenvalue weighted by molar-refractivity contribution is 0.146. The van der Waals surface area contributed by atoms with E-state index in [1.54, 1.807) is 0 Å². The highest BCUT2D eigenvalue weighted by atomic mass is 16.5. The lowest BCUT2D eigenvalue weighted by atomic mass is 10.1. The molecule has 1 aliphatic rings. The fraction of sp³-hybridized carbons (Fsp3) is 0.714. The quantitative estimate of drug-likeness (QED) is 0.845. The summed E-state index contributed by atoms with van der Waals surface area (Å²) in [4.78, 5) is 8.58. The number of hydrogen-bond donors (Lipinski definition) is 1. The van der Waals surface area contributed by atoms with Crippen molar-refractivity contribution in [3.05, 3.63) is 11.8 Å². The number of aryl methyl sites for hydroxylation is 1. The van der Waals surface area contributed by atoms with Gasteiger partial charge in [0.1, 0.15) is 6.10 Å². The van der Waals surface area contributed by atoms with Crippen LogP contribution in [0.4, 0.5) is 0 Å². The van der Waals surface area contributed by atoms with Gasteiger partial charge in [0, 0.05) is 17.8 Å². The third kappa shape index (κ3) is 4.06. The van der Waals surface area contributed by atoms with E-state index in [9.17, 15) is 0 Å². The highest BCUT2D eigenvalue weighted by Crippen LogP contribution is 2.22. The van der Waals surface area contributed by atoms with E-state index in [0.717, 1.165) is 25.0 Å². The number of nitrogens with two attached hydrogens (primary N) is 1. The van der Waals surface area contributed by atoms with Crippen molar-refractivity contribution >= 4 is 0 Å². The van der Waals surface area contributed by atoms with E-state index < -0.39 is 0 Å². The first-order valence-electron chi connectivity index (χ1n) is 7.09. The van der Waals surface area contributed by atoms with Crippen LogP contribution in [0.15, 0.2) is 6.07 Å². The Morgan fingerprint density at radius 1 is 1.26 bits per heavy atom. The van der Waals surface area contributed by atoms with Gasteiger partial charge in [0.15, 0.2) is 0 Å². The summed E-state index contributed by atoms with van der Waals surface area (Å²) >= 11 is 0. The number of rotatable bonds is 4. The maximum atomic E-state index is 6.15. The summed E-state index contributed by atoms with van der Waals surface area (Å²) in [7, 11) is 0. The number of nitrogens with zero attached hydrogens (tertiary/aromatic N) is 2. The van der Waals surface area contributed by atoms with Crippen LogP contribution < -0.4 is 15.2 Å². The summed E-state index contributed by atoms with van der Waals surface area (Å²) in [5.41, 5.74) is 6.99. The Morgan fingerprint density at radius 2 is 2.05 bits per heavy atom. The number of hydrogen-bond acceptors (Lipinski definition) is 5. The molecular formula is C14H23N3O2. The van der Waals surface area contributed by atoms with Crippen molar-refractivity contribution in [3.8, 4) is 11.9 Å². The highest BCUT2D eigenvalue weighted by molar-refractivity contribution is 5.17. The van der Waals surface area contributed by atoms with Gasteiger partial charge in [0.05, 0.1) is 6.61 Å². The Balaban J connectivity index is 2.08. The normalized spacial score (nSPS) is 23.7. The predicted molar refractivity (Wildman–Crippen MR) is 73.4 cm³/mol. The van der Waals surface area contributed by atoms with Gasteiger partial charge in [-0.05, 0) is 33.1 Å². The largest absolute Gasteiger partial charge is 0.478 e. The Hall–Kier alpha value is -1.36. The van der Waals surface area contributed by atoms with E-state index >= 15 is 0 Å². The van der Waals surface area contributed by atoms with E-state index in [2.05, 4.69) is 9.97 Å². The predicted octanol–water partition coefficient (Wildman–Crippen LogP) is 2.22. The molecule has 5 heteroatoms. The summed E-state index contributed by atoms with van der Waals surface area (Å²) in [6, 6.07) is 2.26. The monoisotopic (exact) mass is 265 g/mol.